The van der Waals surface area contributed by atoms with Gasteiger partial charge in [0.25, 0.3) is 0 Å². The van der Waals surface area contributed by atoms with Gasteiger partial charge in [0.15, 0.2) is 0 Å². The van der Waals surface area contributed by atoms with E-state index in [-0.39, 0.29) is 0 Å². The minimum Gasteiger partial charge on any atom is -0.348 e. The van der Waals surface area contributed by atoms with Crippen LogP contribution in [0.1, 0.15) is 65.8 Å². The van der Waals surface area contributed by atoms with E-state index in [0.29, 0.717) is 10.8 Å². The number of hydrogen-bond acceptors (Lipinski definition) is 1. The molecule has 0 unspecified atom stereocenters. The van der Waals surface area contributed by atoms with Crippen molar-refractivity contribution in [3.8, 4) is 0 Å². The van der Waals surface area contributed by atoms with E-state index in [9.17, 15) is 0 Å². The van der Waals surface area contributed by atoms with Gasteiger partial charge in [0.05, 0.1) is 12.0 Å². The van der Waals surface area contributed by atoms with Crippen molar-refractivity contribution >= 4 is 0 Å². The molecule has 0 amide bonds. The topological polar surface area (TPSA) is 28.7 Å². The van der Waals surface area contributed by atoms with Crippen LogP contribution in [0.3, 0.4) is 0 Å². The minimum atomic E-state index is 0.389. The Morgan fingerprint density at radius 1 is 0.941 bits per heavy atom. The number of imidazole rings is 1. The first-order chi connectivity index (χ1) is 7.67. The molecule has 98 valence electrons. The Labute approximate surface area is 106 Å². The molecule has 17 heavy (non-hydrogen) atoms. The zero-order chi connectivity index (χ0) is 13.1. The summed E-state index contributed by atoms with van der Waals surface area (Å²) in [5.74, 6) is 0. The van der Waals surface area contributed by atoms with Crippen molar-refractivity contribution in [3.63, 3.8) is 0 Å². The van der Waals surface area contributed by atoms with Crippen LogP contribution in [0.15, 0.2) is 6.33 Å². The lowest BCUT2D eigenvalue weighted by Crippen LogP contribution is -2.10. The largest absolute Gasteiger partial charge is 0.348 e. The number of nitrogens with zero attached hydrogens (tertiary/aromatic N) is 1. The van der Waals surface area contributed by atoms with E-state index >= 15 is 0 Å². The Kier molecular flexibility index (Phi) is 4.40. The van der Waals surface area contributed by atoms with Crippen molar-refractivity contribution in [2.45, 2.75) is 67.2 Å². The van der Waals surface area contributed by atoms with Crippen LogP contribution in [-0.4, -0.2) is 9.97 Å². The summed E-state index contributed by atoms with van der Waals surface area (Å²) in [5.41, 5.74) is 3.39. The molecule has 0 radical (unpaired) electrons. The summed E-state index contributed by atoms with van der Waals surface area (Å²) in [6, 6.07) is 0. The summed E-state index contributed by atoms with van der Waals surface area (Å²) in [7, 11) is 0. The van der Waals surface area contributed by atoms with Gasteiger partial charge in [-0.1, -0.05) is 41.5 Å². The van der Waals surface area contributed by atoms with Crippen LogP contribution in [0.4, 0.5) is 0 Å². The maximum Gasteiger partial charge on any atom is 0.0925 e. The fraction of sp³-hybridized carbons (Fsp3) is 0.800. The number of aryl methyl sites for hydroxylation is 2. The molecule has 0 aliphatic rings. The highest BCUT2D eigenvalue weighted by Crippen LogP contribution is 2.24. The second-order valence-electron chi connectivity index (χ2n) is 7.45. The SMILES string of the molecule is CC(C)(C)CCc1nc[nH]c1CCC(C)(C)C. The zero-order valence-electron chi connectivity index (χ0n) is 12.4. The number of nitrogens with one attached hydrogen (secondary N) is 1. The molecule has 0 atom stereocenters. The molecule has 0 saturated carbocycles. The van der Waals surface area contributed by atoms with Gasteiger partial charge in [0, 0.05) is 5.69 Å². The maximum absolute atomic E-state index is 4.46. The summed E-state index contributed by atoms with van der Waals surface area (Å²) >= 11 is 0. The summed E-state index contributed by atoms with van der Waals surface area (Å²) < 4.78 is 0. The first-order valence-corrected chi connectivity index (χ1v) is 6.68. The van der Waals surface area contributed by atoms with E-state index in [0.717, 1.165) is 12.8 Å². The van der Waals surface area contributed by atoms with Crippen LogP contribution in [0.25, 0.3) is 0 Å². The van der Waals surface area contributed by atoms with E-state index < -0.39 is 0 Å². The Hall–Kier alpha value is -0.790. The highest BCUT2D eigenvalue weighted by atomic mass is 14.9. The lowest BCUT2D eigenvalue weighted by Gasteiger charge is -2.19. The highest BCUT2D eigenvalue weighted by molar-refractivity contribution is 5.12. The summed E-state index contributed by atoms with van der Waals surface area (Å²) in [6.45, 7) is 13.7. The smallest absolute Gasteiger partial charge is 0.0925 e. The molecule has 0 aromatic carbocycles. The Morgan fingerprint density at radius 2 is 1.47 bits per heavy atom. The van der Waals surface area contributed by atoms with Crippen molar-refractivity contribution in [2.75, 3.05) is 0 Å². The first kappa shape index (κ1) is 14.3. The van der Waals surface area contributed by atoms with Crippen LogP contribution >= 0.6 is 0 Å². The van der Waals surface area contributed by atoms with E-state index in [1.54, 1.807) is 0 Å². The van der Waals surface area contributed by atoms with Gasteiger partial charge < -0.3 is 4.98 Å². The van der Waals surface area contributed by atoms with Gasteiger partial charge in [0.1, 0.15) is 0 Å². The highest BCUT2D eigenvalue weighted by Gasteiger charge is 2.15. The van der Waals surface area contributed by atoms with Crippen molar-refractivity contribution in [1.29, 1.82) is 0 Å². The van der Waals surface area contributed by atoms with Crippen molar-refractivity contribution in [2.24, 2.45) is 10.8 Å². The molecule has 1 aromatic heterocycles. The van der Waals surface area contributed by atoms with Gasteiger partial charge in [-0.15, -0.1) is 0 Å². The van der Waals surface area contributed by atoms with Gasteiger partial charge >= 0.3 is 0 Å². The lowest BCUT2D eigenvalue weighted by atomic mass is 9.87. The molecule has 0 aliphatic carbocycles. The van der Waals surface area contributed by atoms with E-state index in [1.165, 1.54) is 24.2 Å². The van der Waals surface area contributed by atoms with E-state index in [2.05, 4.69) is 51.5 Å². The molecular formula is C15H28N2. The van der Waals surface area contributed by atoms with Crippen LogP contribution in [0.5, 0.6) is 0 Å². The zero-order valence-corrected chi connectivity index (χ0v) is 12.4. The summed E-state index contributed by atoms with van der Waals surface area (Å²) in [4.78, 5) is 7.77. The van der Waals surface area contributed by atoms with Crippen molar-refractivity contribution in [1.82, 2.24) is 9.97 Å². The summed E-state index contributed by atoms with van der Waals surface area (Å²) in [5, 5.41) is 0. The third-order valence-corrected chi connectivity index (χ3v) is 3.04. The maximum atomic E-state index is 4.46. The molecule has 2 heteroatoms. The quantitative estimate of drug-likeness (QED) is 0.826. The molecule has 0 bridgehead atoms. The second kappa shape index (κ2) is 5.24. The third kappa shape index (κ3) is 5.90. The molecule has 1 rings (SSSR count). The lowest BCUT2D eigenvalue weighted by molar-refractivity contribution is 0.369. The van der Waals surface area contributed by atoms with Crippen LogP contribution in [0, 0.1) is 10.8 Å². The Balaban J connectivity index is 2.54. The van der Waals surface area contributed by atoms with Gasteiger partial charge in [0.2, 0.25) is 0 Å². The van der Waals surface area contributed by atoms with Crippen molar-refractivity contribution < 1.29 is 0 Å². The average Bonchev–Trinajstić information content (AvgIpc) is 2.56. The molecule has 1 N–H and O–H groups in total. The normalized spacial score (nSPS) is 13.1. The summed E-state index contributed by atoms with van der Waals surface area (Å²) in [6.07, 6.45) is 6.45. The molecule has 1 heterocycles. The van der Waals surface area contributed by atoms with Crippen LogP contribution in [0.2, 0.25) is 0 Å². The van der Waals surface area contributed by atoms with Gasteiger partial charge in [-0.3, -0.25) is 0 Å². The Bertz CT molecular complexity index is 304. The second-order valence-corrected chi connectivity index (χ2v) is 7.45. The van der Waals surface area contributed by atoms with Gasteiger partial charge in [-0.25, -0.2) is 4.98 Å². The van der Waals surface area contributed by atoms with E-state index in [4.69, 9.17) is 0 Å². The standard InChI is InChI=1S/C15H28N2/c1-14(2,3)9-7-12-13(17-11-16-12)8-10-15(4,5)6/h11H,7-10H2,1-6H3,(H,16,17). The molecule has 0 fully saturated rings. The van der Waals surface area contributed by atoms with Crippen LogP contribution in [-0.2, 0) is 12.8 Å². The first-order valence-electron chi connectivity index (χ1n) is 6.68. The number of aromatic amines is 1. The molecule has 0 saturated heterocycles. The number of aromatic nitrogens is 2. The third-order valence-electron chi connectivity index (χ3n) is 3.04. The van der Waals surface area contributed by atoms with Crippen molar-refractivity contribution in [3.05, 3.63) is 17.7 Å². The monoisotopic (exact) mass is 236 g/mol. The van der Waals surface area contributed by atoms with E-state index in [1.807, 2.05) is 6.33 Å². The fourth-order valence-corrected chi connectivity index (χ4v) is 1.77. The number of rotatable bonds is 4. The van der Waals surface area contributed by atoms with Gasteiger partial charge in [-0.2, -0.15) is 0 Å². The fourth-order valence-electron chi connectivity index (χ4n) is 1.77. The Morgan fingerprint density at radius 3 is 2.00 bits per heavy atom. The van der Waals surface area contributed by atoms with Gasteiger partial charge in [-0.05, 0) is 36.5 Å². The molecule has 0 aliphatic heterocycles. The average molecular weight is 236 g/mol. The molecule has 1 aromatic rings. The van der Waals surface area contributed by atoms with Crippen LogP contribution < -0.4 is 0 Å². The predicted molar refractivity (Wildman–Crippen MR) is 74.1 cm³/mol. The molecule has 2 nitrogen and oxygen atoms in total. The minimum absolute atomic E-state index is 0.389. The molecular weight excluding hydrogens is 208 g/mol. The number of hydrogen-bond donors (Lipinski definition) is 1. The molecule has 0 spiro atoms. The predicted octanol–water partition coefficient (Wildman–Crippen LogP) is 4.37. The number of H-pyrrole nitrogens is 1.